The van der Waals surface area contributed by atoms with Crippen LogP contribution < -0.4 is 0 Å². The molecular formula is C26H33FN4O3. The number of ketones is 1. The van der Waals surface area contributed by atoms with Crippen LogP contribution in [0.2, 0.25) is 0 Å². The maximum absolute atomic E-state index is 13.5. The zero-order chi connectivity index (χ0) is 24.4. The van der Waals surface area contributed by atoms with E-state index in [-0.39, 0.29) is 36.6 Å². The second-order valence-electron chi connectivity index (χ2n) is 9.92. The molecule has 3 aromatic rings. The van der Waals surface area contributed by atoms with Crippen LogP contribution in [0, 0.1) is 18.7 Å². The van der Waals surface area contributed by atoms with E-state index in [1.165, 1.54) is 12.1 Å². The number of hydrogen-bond donors (Lipinski definition) is 0. The van der Waals surface area contributed by atoms with Gasteiger partial charge in [0.25, 0.3) is 0 Å². The van der Waals surface area contributed by atoms with Crippen LogP contribution in [0.1, 0.15) is 81.8 Å². The van der Waals surface area contributed by atoms with Crippen LogP contribution in [0.4, 0.5) is 4.39 Å². The average molecular weight is 469 g/mol. The summed E-state index contributed by atoms with van der Waals surface area (Å²) in [6.07, 6.45) is 2.60. The summed E-state index contributed by atoms with van der Waals surface area (Å²) in [6, 6.07) is 6.70. The fraction of sp³-hybridized carbons (Fsp3) is 0.538. The van der Waals surface area contributed by atoms with Gasteiger partial charge in [0.1, 0.15) is 23.5 Å². The third-order valence-corrected chi connectivity index (χ3v) is 5.86. The molecule has 0 radical (unpaired) electrons. The van der Waals surface area contributed by atoms with Gasteiger partial charge < -0.3 is 13.8 Å². The number of ether oxygens (including phenoxy) is 1. The molecular weight excluding hydrogens is 435 g/mol. The van der Waals surface area contributed by atoms with E-state index in [0.29, 0.717) is 23.3 Å². The molecule has 1 aliphatic rings. The topological polar surface area (TPSA) is 83.0 Å². The lowest BCUT2D eigenvalue weighted by atomic mass is 10.00. The molecule has 1 atom stereocenters. The zero-order valence-electron chi connectivity index (χ0n) is 20.5. The Labute approximate surface area is 199 Å². The summed E-state index contributed by atoms with van der Waals surface area (Å²) in [5, 5.41) is 13.2. The molecule has 182 valence electrons. The summed E-state index contributed by atoms with van der Waals surface area (Å²) in [5.41, 5.74) is 2.23. The summed E-state index contributed by atoms with van der Waals surface area (Å²) in [7, 11) is 0. The van der Waals surface area contributed by atoms with Crippen molar-refractivity contribution >= 4 is 5.78 Å². The fourth-order valence-electron chi connectivity index (χ4n) is 4.19. The third kappa shape index (κ3) is 5.78. The molecule has 2 heterocycles. The van der Waals surface area contributed by atoms with Crippen LogP contribution in [0.5, 0.6) is 0 Å². The number of carbonyl (C=O) groups is 1. The standard InChI is InChI=1S/C26H33FN4O3/c1-15(2)10-22-14-23(30-34-22)25-28-29-26(31(25)20-8-9-20)24(33-16(3)4)13-21(32)12-18-6-7-19(27)11-17(18)5/h6-7,11,14-16,20,24H,8-10,12-13H2,1-5H3/t24-/m0/s1. The van der Waals surface area contributed by atoms with Crippen molar-refractivity contribution in [3.05, 3.63) is 52.8 Å². The lowest BCUT2D eigenvalue weighted by molar-refractivity contribution is -0.122. The van der Waals surface area contributed by atoms with Gasteiger partial charge in [-0.25, -0.2) is 4.39 Å². The molecule has 0 unspecified atom stereocenters. The van der Waals surface area contributed by atoms with Crippen LogP contribution >= 0.6 is 0 Å². The molecule has 1 fully saturated rings. The SMILES string of the molecule is Cc1cc(F)ccc1CC(=O)C[C@H](OC(C)C)c1nnc(-c2cc(CC(C)C)on2)n1C1CC1. The molecule has 7 nitrogen and oxygen atoms in total. The Balaban J connectivity index is 1.60. The molecule has 0 amide bonds. The van der Waals surface area contributed by atoms with Crippen LogP contribution in [0.25, 0.3) is 11.5 Å². The Morgan fingerprint density at radius 2 is 1.97 bits per heavy atom. The molecule has 4 rings (SSSR count). The van der Waals surface area contributed by atoms with Gasteiger partial charge in [-0.3, -0.25) is 4.79 Å². The molecule has 0 bridgehead atoms. The molecule has 0 aliphatic heterocycles. The fourth-order valence-corrected chi connectivity index (χ4v) is 4.19. The normalized spacial score (nSPS) is 14.8. The van der Waals surface area contributed by atoms with Crippen molar-refractivity contribution in [1.29, 1.82) is 0 Å². The minimum Gasteiger partial charge on any atom is -0.367 e. The van der Waals surface area contributed by atoms with Crippen molar-refractivity contribution in [2.45, 2.75) is 85.0 Å². The quantitative estimate of drug-likeness (QED) is 0.365. The first-order valence-corrected chi connectivity index (χ1v) is 12.0. The van der Waals surface area contributed by atoms with E-state index >= 15 is 0 Å². The lowest BCUT2D eigenvalue weighted by Gasteiger charge is -2.21. The number of nitrogens with zero attached hydrogens (tertiary/aromatic N) is 4. The predicted molar refractivity (Wildman–Crippen MR) is 126 cm³/mol. The first-order valence-electron chi connectivity index (χ1n) is 12.0. The summed E-state index contributed by atoms with van der Waals surface area (Å²) in [4.78, 5) is 13.0. The van der Waals surface area contributed by atoms with Crippen molar-refractivity contribution in [3.8, 4) is 11.5 Å². The van der Waals surface area contributed by atoms with Crippen molar-refractivity contribution in [2.75, 3.05) is 0 Å². The molecule has 1 saturated carbocycles. The highest BCUT2D eigenvalue weighted by molar-refractivity contribution is 5.81. The van der Waals surface area contributed by atoms with Gasteiger partial charge in [-0.1, -0.05) is 25.1 Å². The largest absolute Gasteiger partial charge is 0.367 e. The summed E-state index contributed by atoms with van der Waals surface area (Å²) >= 11 is 0. The number of aryl methyl sites for hydroxylation is 1. The Hall–Kier alpha value is -2.87. The average Bonchev–Trinajstić information content (AvgIpc) is 3.32. The highest BCUT2D eigenvalue weighted by Gasteiger charge is 2.35. The third-order valence-electron chi connectivity index (χ3n) is 5.86. The minimum absolute atomic E-state index is 0.00732. The van der Waals surface area contributed by atoms with E-state index in [1.54, 1.807) is 6.07 Å². The smallest absolute Gasteiger partial charge is 0.186 e. The van der Waals surface area contributed by atoms with Crippen LogP contribution in [0.3, 0.4) is 0 Å². The van der Waals surface area contributed by atoms with Gasteiger partial charge in [-0.15, -0.1) is 10.2 Å². The summed E-state index contributed by atoms with van der Waals surface area (Å²) < 4.78 is 27.2. The van der Waals surface area contributed by atoms with Gasteiger partial charge in [0, 0.05) is 31.4 Å². The van der Waals surface area contributed by atoms with Gasteiger partial charge in [-0.2, -0.15) is 0 Å². The maximum atomic E-state index is 13.5. The molecule has 0 saturated heterocycles. The Bertz CT molecular complexity index is 1150. The molecule has 0 N–H and O–H groups in total. The van der Waals surface area contributed by atoms with Crippen molar-refractivity contribution in [2.24, 2.45) is 5.92 Å². The van der Waals surface area contributed by atoms with Crippen molar-refractivity contribution in [1.82, 2.24) is 19.9 Å². The highest BCUT2D eigenvalue weighted by Crippen LogP contribution is 2.41. The molecule has 0 spiro atoms. The van der Waals surface area contributed by atoms with E-state index in [4.69, 9.17) is 9.26 Å². The highest BCUT2D eigenvalue weighted by atomic mass is 19.1. The van der Waals surface area contributed by atoms with Gasteiger partial charge in [0.15, 0.2) is 17.3 Å². The molecule has 1 aliphatic carbocycles. The van der Waals surface area contributed by atoms with Gasteiger partial charge in [-0.05, 0) is 62.8 Å². The number of rotatable bonds is 11. The predicted octanol–water partition coefficient (Wildman–Crippen LogP) is 5.58. The van der Waals surface area contributed by atoms with E-state index < -0.39 is 6.10 Å². The number of Topliss-reactive ketones (excluding diaryl/α,β-unsaturated/α-hetero) is 1. The first-order chi connectivity index (χ1) is 16.2. The Morgan fingerprint density at radius 3 is 2.62 bits per heavy atom. The summed E-state index contributed by atoms with van der Waals surface area (Å²) in [6.45, 7) is 9.96. The Morgan fingerprint density at radius 1 is 1.21 bits per heavy atom. The summed E-state index contributed by atoms with van der Waals surface area (Å²) in [5.74, 6) is 2.27. The second-order valence-corrected chi connectivity index (χ2v) is 9.92. The number of hydrogen-bond acceptors (Lipinski definition) is 6. The first kappa shape index (κ1) is 24.3. The van der Waals surface area contributed by atoms with Gasteiger partial charge in [0.05, 0.1) is 6.10 Å². The molecule has 2 aromatic heterocycles. The molecule has 1 aromatic carbocycles. The number of aromatic nitrogens is 4. The number of carbonyl (C=O) groups excluding carboxylic acids is 1. The number of benzene rings is 1. The van der Waals surface area contributed by atoms with Gasteiger partial charge in [0.2, 0.25) is 0 Å². The van der Waals surface area contributed by atoms with E-state index in [2.05, 4.69) is 33.8 Å². The molecule has 34 heavy (non-hydrogen) atoms. The van der Waals surface area contributed by atoms with E-state index in [1.807, 2.05) is 26.8 Å². The second kappa shape index (κ2) is 10.2. The maximum Gasteiger partial charge on any atom is 0.186 e. The monoisotopic (exact) mass is 468 g/mol. The molecule has 8 heteroatoms. The van der Waals surface area contributed by atoms with Crippen molar-refractivity contribution < 1.29 is 18.4 Å². The van der Waals surface area contributed by atoms with Gasteiger partial charge >= 0.3 is 0 Å². The van der Waals surface area contributed by atoms with Crippen molar-refractivity contribution in [3.63, 3.8) is 0 Å². The number of halogens is 1. The lowest BCUT2D eigenvalue weighted by Crippen LogP contribution is -2.20. The Kier molecular flexibility index (Phi) is 7.26. The van der Waals surface area contributed by atoms with Crippen LogP contribution in [-0.4, -0.2) is 31.8 Å². The van der Waals surface area contributed by atoms with Crippen LogP contribution in [0.15, 0.2) is 28.8 Å². The van der Waals surface area contributed by atoms with E-state index in [0.717, 1.165) is 36.1 Å². The zero-order valence-corrected chi connectivity index (χ0v) is 20.5. The van der Waals surface area contributed by atoms with Crippen LogP contribution in [-0.2, 0) is 22.4 Å². The van der Waals surface area contributed by atoms with E-state index in [9.17, 15) is 9.18 Å². The minimum atomic E-state index is -0.530.